The molecule has 0 aliphatic rings. The molecule has 2 aromatic rings. The van der Waals surface area contributed by atoms with Crippen LogP contribution in [0, 0.1) is 6.92 Å². The Balaban J connectivity index is 1.89. The molecule has 20 heavy (non-hydrogen) atoms. The fourth-order valence-corrected chi connectivity index (χ4v) is 3.37. The molecule has 1 aromatic heterocycles. The Labute approximate surface area is 130 Å². The molecule has 0 bridgehead atoms. The number of thioether (sulfide) groups is 1. The summed E-state index contributed by atoms with van der Waals surface area (Å²) in [6.07, 6.45) is 0. The molecule has 1 heterocycles. The van der Waals surface area contributed by atoms with E-state index in [1.54, 1.807) is 25.3 Å². The average Bonchev–Trinajstić information content (AvgIpc) is 2.82. The third-order valence-electron chi connectivity index (χ3n) is 2.36. The molecule has 0 saturated heterocycles. The van der Waals surface area contributed by atoms with Crippen molar-refractivity contribution in [1.82, 2.24) is 4.98 Å². The highest BCUT2D eigenvalue weighted by Crippen LogP contribution is 2.27. The van der Waals surface area contributed by atoms with Gasteiger partial charge < -0.3 is 10.1 Å². The first-order valence-electron chi connectivity index (χ1n) is 5.77. The molecule has 0 aliphatic carbocycles. The van der Waals surface area contributed by atoms with Gasteiger partial charge in [-0.2, -0.15) is 0 Å². The Morgan fingerprint density at radius 3 is 2.95 bits per heavy atom. The lowest BCUT2D eigenvalue weighted by Gasteiger charge is -2.07. The Bertz CT molecular complexity index is 616. The summed E-state index contributed by atoms with van der Waals surface area (Å²) in [5, 5.41) is 5.22. The minimum atomic E-state index is -0.0934. The number of nitrogens with one attached hydrogen (secondary N) is 1. The lowest BCUT2D eigenvalue weighted by Crippen LogP contribution is -2.13. The fourth-order valence-electron chi connectivity index (χ4n) is 1.47. The van der Waals surface area contributed by atoms with Gasteiger partial charge in [-0.25, -0.2) is 4.98 Å². The number of hydrogen-bond acceptors (Lipinski definition) is 5. The smallest absolute Gasteiger partial charge is 0.234 e. The molecule has 1 N–H and O–H groups in total. The number of thiazole rings is 1. The second-order valence-electron chi connectivity index (χ2n) is 3.94. The van der Waals surface area contributed by atoms with Crippen LogP contribution in [0.5, 0.6) is 5.75 Å². The normalized spacial score (nSPS) is 10.3. The molecule has 0 atom stereocenters. The van der Waals surface area contributed by atoms with Crippen LogP contribution in [0.1, 0.15) is 5.69 Å². The van der Waals surface area contributed by atoms with Crippen molar-refractivity contribution in [3.8, 4) is 5.75 Å². The lowest BCUT2D eigenvalue weighted by atomic mass is 10.3. The van der Waals surface area contributed by atoms with Crippen LogP contribution in [-0.4, -0.2) is 23.8 Å². The van der Waals surface area contributed by atoms with Crippen molar-refractivity contribution >= 4 is 46.3 Å². The van der Waals surface area contributed by atoms with Gasteiger partial charge in [0.15, 0.2) is 4.34 Å². The number of methoxy groups -OCH3 is 1. The van der Waals surface area contributed by atoms with E-state index in [4.69, 9.17) is 16.3 Å². The topological polar surface area (TPSA) is 51.2 Å². The molecule has 0 saturated carbocycles. The summed E-state index contributed by atoms with van der Waals surface area (Å²) in [6.45, 7) is 1.93. The zero-order valence-electron chi connectivity index (χ0n) is 11.0. The number of nitrogens with zero attached hydrogens (tertiary/aromatic N) is 1. The van der Waals surface area contributed by atoms with E-state index in [2.05, 4.69) is 10.3 Å². The van der Waals surface area contributed by atoms with Crippen molar-refractivity contribution in [2.24, 2.45) is 0 Å². The Hall–Kier alpha value is -1.24. The fraction of sp³-hybridized carbons (Fsp3) is 0.231. The first kappa shape index (κ1) is 15.2. The third kappa shape index (κ3) is 4.13. The van der Waals surface area contributed by atoms with Gasteiger partial charge in [-0.05, 0) is 25.1 Å². The minimum absolute atomic E-state index is 0.0934. The van der Waals surface area contributed by atoms with Crippen molar-refractivity contribution in [3.05, 3.63) is 34.3 Å². The van der Waals surface area contributed by atoms with Gasteiger partial charge in [-0.1, -0.05) is 23.4 Å². The summed E-state index contributed by atoms with van der Waals surface area (Å²) in [5.74, 6) is 0.803. The van der Waals surface area contributed by atoms with Gasteiger partial charge in [0.25, 0.3) is 0 Å². The minimum Gasteiger partial charge on any atom is -0.495 e. The molecule has 0 aliphatic heterocycles. The maximum Gasteiger partial charge on any atom is 0.234 e. The second kappa shape index (κ2) is 6.97. The third-order valence-corrected chi connectivity index (χ3v) is 4.79. The number of aryl methyl sites for hydroxylation is 1. The van der Waals surface area contributed by atoms with Gasteiger partial charge in [0.1, 0.15) is 5.75 Å². The number of aromatic nitrogens is 1. The zero-order chi connectivity index (χ0) is 14.5. The van der Waals surface area contributed by atoms with Gasteiger partial charge in [0.05, 0.1) is 17.9 Å². The monoisotopic (exact) mass is 328 g/mol. The summed E-state index contributed by atoms with van der Waals surface area (Å²) < 4.78 is 5.95. The number of amides is 1. The average molecular weight is 329 g/mol. The predicted octanol–water partition coefficient (Wildman–Crippen LogP) is 3.84. The number of carbonyl (C=O) groups is 1. The highest BCUT2D eigenvalue weighted by Gasteiger charge is 2.08. The molecule has 0 fully saturated rings. The first-order chi connectivity index (χ1) is 9.58. The van der Waals surface area contributed by atoms with Gasteiger partial charge in [-0.3, -0.25) is 4.79 Å². The number of carbonyl (C=O) groups excluding carboxylic acids is 1. The summed E-state index contributed by atoms with van der Waals surface area (Å²) in [5.41, 5.74) is 1.62. The van der Waals surface area contributed by atoms with Crippen LogP contribution >= 0.6 is 34.7 Å². The van der Waals surface area contributed by atoms with Crippen LogP contribution < -0.4 is 10.1 Å². The summed E-state index contributed by atoms with van der Waals surface area (Å²) >= 11 is 8.96. The van der Waals surface area contributed by atoms with Gasteiger partial charge >= 0.3 is 0 Å². The van der Waals surface area contributed by atoms with E-state index in [1.807, 2.05) is 12.3 Å². The Morgan fingerprint density at radius 2 is 2.35 bits per heavy atom. The van der Waals surface area contributed by atoms with Crippen LogP contribution in [0.2, 0.25) is 5.02 Å². The van der Waals surface area contributed by atoms with Gasteiger partial charge in [-0.15, -0.1) is 11.3 Å². The molecule has 2 rings (SSSR count). The van der Waals surface area contributed by atoms with Gasteiger partial charge in [0.2, 0.25) is 5.91 Å². The number of halogens is 1. The number of benzene rings is 1. The lowest BCUT2D eigenvalue weighted by molar-refractivity contribution is -0.113. The van der Waals surface area contributed by atoms with Crippen LogP contribution in [0.4, 0.5) is 5.69 Å². The summed E-state index contributed by atoms with van der Waals surface area (Å²) in [7, 11) is 1.55. The van der Waals surface area contributed by atoms with Crippen LogP contribution in [0.25, 0.3) is 0 Å². The van der Waals surface area contributed by atoms with Crippen molar-refractivity contribution in [2.45, 2.75) is 11.3 Å². The van der Waals surface area contributed by atoms with Crippen molar-refractivity contribution < 1.29 is 9.53 Å². The molecule has 0 unspecified atom stereocenters. The Morgan fingerprint density at radius 1 is 1.55 bits per heavy atom. The SMILES string of the molecule is COc1ccc(NC(=O)CSc2nc(C)cs2)cc1Cl. The molecule has 1 aromatic carbocycles. The highest BCUT2D eigenvalue weighted by atomic mass is 35.5. The van der Waals surface area contributed by atoms with E-state index in [1.165, 1.54) is 23.1 Å². The van der Waals surface area contributed by atoms with E-state index in [-0.39, 0.29) is 5.91 Å². The van der Waals surface area contributed by atoms with E-state index in [0.29, 0.717) is 22.2 Å². The summed E-state index contributed by atoms with van der Waals surface area (Å²) in [4.78, 5) is 16.1. The molecule has 0 spiro atoms. The number of rotatable bonds is 5. The Kier molecular flexibility index (Phi) is 5.28. The molecular formula is C13H13ClN2O2S2. The number of ether oxygens (including phenoxy) is 1. The number of hydrogen-bond donors (Lipinski definition) is 1. The van der Waals surface area contributed by atoms with Crippen LogP contribution in [-0.2, 0) is 4.79 Å². The zero-order valence-corrected chi connectivity index (χ0v) is 13.4. The molecule has 1 amide bonds. The largest absolute Gasteiger partial charge is 0.495 e. The highest BCUT2D eigenvalue weighted by molar-refractivity contribution is 8.01. The molecule has 106 valence electrons. The standard InChI is InChI=1S/C13H13ClN2O2S2/c1-8-6-19-13(15-8)20-7-12(17)16-9-3-4-11(18-2)10(14)5-9/h3-6H,7H2,1-2H3,(H,16,17). The first-order valence-corrected chi connectivity index (χ1v) is 8.01. The quantitative estimate of drug-likeness (QED) is 0.847. The molecule has 0 radical (unpaired) electrons. The molecular weight excluding hydrogens is 316 g/mol. The maximum atomic E-state index is 11.8. The summed E-state index contributed by atoms with van der Waals surface area (Å²) in [6, 6.07) is 5.13. The van der Waals surface area contributed by atoms with E-state index in [9.17, 15) is 4.79 Å². The predicted molar refractivity (Wildman–Crippen MR) is 84.2 cm³/mol. The number of anilines is 1. The maximum absolute atomic E-state index is 11.8. The van der Waals surface area contributed by atoms with Crippen molar-refractivity contribution in [2.75, 3.05) is 18.2 Å². The van der Waals surface area contributed by atoms with Gasteiger partial charge in [0, 0.05) is 16.8 Å². The van der Waals surface area contributed by atoms with Crippen molar-refractivity contribution in [1.29, 1.82) is 0 Å². The van der Waals surface area contributed by atoms with Crippen molar-refractivity contribution in [3.63, 3.8) is 0 Å². The van der Waals surface area contributed by atoms with E-state index >= 15 is 0 Å². The van der Waals surface area contributed by atoms with E-state index < -0.39 is 0 Å². The molecule has 7 heteroatoms. The van der Waals surface area contributed by atoms with Crippen LogP contribution in [0.3, 0.4) is 0 Å². The van der Waals surface area contributed by atoms with Crippen LogP contribution in [0.15, 0.2) is 27.9 Å². The van der Waals surface area contributed by atoms with E-state index in [0.717, 1.165) is 10.0 Å². The molecule has 4 nitrogen and oxygen atoms in total. The second-order valence-corrected chi connectivity index (χ2v) is 6.43.